The van der Waals surface area contributed by atoms with Gasteiger partial charge in [-0.1, -0.05) is 35.3 Å². The molecule has 7 heteroatoms. The molecule has 1 aliphatic rings. The van der Waals surface area contributed by atoms with Gasteiger partial charge in [0.2, 0.25) is 11.7 Å². The number of urea groups is 1. The molecule has 7 nitrogen and oxygen atoms in total. The lowest BCUT2D eigenvalue weighted by atomic mass is 10.1. The van der Waals surface area contributed by atoms with Gasteiger partial charge in [0.1, 0.15) is 0 Å². The van der Waals surface area contributed by atoms with Crippen molar-refractivity contribution in [2.24, 2.45) is 0 Å². The van der Waals surface area contributed by atoms with Crippen LogP contribution < -0.4 is 5.32 Å². The first-order valence-electron chi connectivity index (χ1n) is 8.24. The lowest BCUT2D eigenvalue weighted by Gasteiger charge is -2.33. The Morgan fingerprint density at radius 3 is 2.80 bits per heavy atom. The molecular formula is C18H21N5O2. The Bertz CT molecular complexity index is 772. The van der Waals surface area contributed by atoms with Crippen molar-refractivity contribution >= 4 is 6.03 Å². The number of rotatable bonds is 4. The summed E-state index contributed by atoms with van der Waals surface area (Å²) in [5.74, 6) is 3.60. The third kappa shape index (κ3) is 4.17. The predicted octanol–water partition coefficient (Wildman–Crippen LogP) is 1.51. The summed E-state index contributed by atoms with van der Waals surface area (Å²) < 4.78 is 5.39. The van der Waals surface area contributed by atoms with Gasteiger partial charge in [0.25, 0.3) is 0 Å². The maximum absolute atomic E-state index is 11.9. The number of nitrogens with zero attached hydrogens (tertiary/aromatic N) is 4. The molecule has 0 aliphatic carbocycles. The number of nitrogens with one attached hydrogen (secondary N) is 1. The van der Waals surface area contributed by atoms with Crippen molar-refractivity contribution < 1.29 is 9.32 Å². The molecule has 0 unspecified atom stereocenters. The minimum atomic E-state index is -0.114. The molecule has 1 fully saturated rings. The van der Waals surface area contributed by atoms with E-state index >= 15 is 0 Å². The van der Waals surface area contributed by atoms with Crippen LogP contribution in [0.15, 0.2) is 28.8 Å². The first-order chi connectivity index (χ1) is 12.2. The average Bonchev–Trinajstić information content (AvgIpc) is 3.09. The molecule has 1 N–H and O–H groups in total. The minimum Gasteiger partial charge on any atom is -0.338 e. The molecule has 0 radical (unpaired) electrons. The van der Waals surface area contributed by atoms with Gasteiger partial charge in [-0.15, -0.1) is 6.42 Å². The molecule has 3 rings (SSSR count). The Balaban J connectivity index is 1.54. The van der Waals surface area contributed by atoms with Crippen molar-refractivity contribution in [3.05, 3.63) is 35.7 Å². The van der Waals surface area contributed by atoms with Crippen molar-refractivity contribution in [3.8, 4) is 23.7 Å². The Hall–Kier alpha value is -2.85. The number of piperazine rings is 1. The number of benzene rings is 1. The van der Waals surface area contributed by atoms with Gasteiger partial charge in [0.15, 0.2) is 0 Å². The van der Waals surface area contributed by atoms with Gasteiger partial charge < -0.3 is 14.7 Å². The lowest BCUT2D eigenvalue weighted by Crippen LogP contribution is -2.51. The fourth-order valence-electron chi connectivity index (χ4n) is 2.79. The van der Waals surface area contributed by atoms with Gasteiger partial charge in [-0.2, -0.15) is 4.98 Å². The standard InChI is InChI=1S/C18H21N5O2/c1-3-8-19-18(24)23-11-9-22(10-12-23)13-16-20-17(21-25-16)15-7-5-4-6-14(15)2/h1,4-7H,8-13H2,2H3,(H,19,24). The number of hydrogen-bond donors (Lipinski definition) is 1. The SMILES string of the molecule is C#CCNC(=O)N1CCN(Cc2nc(-c3ccccc3C)no2)CC1. The molecule has 0 atom stereocenters. The molecule has 1 saturated heterocycles. The van der Waals surface area contributed by atoms with Crippen LogP contribution in [0, 0.1) is 19.3 Å². The van der Waals surface area contributed by atoms with Gasteiger partial charge in [-0.3, -0.25) is 4.90 Å². The quantitative estimate of drug-likeness (QED) is 0.855. The number of terminal acetylenes is 1. The maximum Gasteiger partial charge on any atom is 0.318 e. The topological polar surface area (TPSA) is 74.5 Å². The Morgan fingerprint density at radius 1 is 1.32 bits per heavy atom. The largest absolute Gasteiger partial charge is 0.338 e. The Morgan fingerprint density at radius 2 is 2.08 bits per heavy atom. The average molecular weight is 339 g/mol. The van der Waals surface area contributed by atoms with Crippen LogP contribution in [0.3, 0.4) is 0 Å². The van der Waals surface area contributed by atoms with Crippen LogP contribution >= 0.6 is 0 Å². The van der Waals surface area contributed by atoms with Crippen LogP contribution in [-0.4, -0.2) is 58.7 Å². The number of carbonyl (C=O) groups excluding carboxylic acids is 1. The van der Waals surface area contributed by atoms with Crippen molar-refractivity contribution in [3.63, 3.8) is 0 Å². The first kappa shape index (κ1) is 17.0. The number of aromatic nitrogens is 2. The molecule has 1 aromatic carbocycles. The molecule has 2 amide bonds. The highest BCUT2D eigenvalue weighted by atomic mass is 16.5. The molecule has 2 aromatic rings. The zero-order valence-electron chi connectivity index (χ0n) is 14.2. The number of hydrogen-bond acceptors (Lipinski definition) is 5. The highest BCUT2D eigenvalue weighted by Crippen LogP contribution is 2.20. The van der Waals surface area contributed by atoms with E-state index in [1.807, 2.05) is 31.2 Å². The van der Waals surface area contributed by atoms with E-state index in [0.29, 0.717) is 31.3 Å². The predicted molar refractivity (Wildman–Crippen MR) is 93.6 cm³/mol. The van der Waals surface area contributed by atoms with E-state index in [2.05, 4.69) is 26.3 Å². The maximum atomic E-state index is 11.9. The summed E-state index contributed by atoms with van der Waals surface area (Å²) in [6, 6.07) is 7.84. The summed E-state index contributed by atoms with van der Waals surface area (Å²) in [5.41, 5.74) is 2.09. The van der Waals surface area contributed by atoms with Gasteiger partial charge in [0.05, 0.1) is 13.1 Å². The zero-order chi connectivity index (χ0) is 17.6. The second-order valence-electron chi connectivity index (χ2n) is 5.95. The second kappa shape index (κ2) is 7.81. The summed E-state index contributed by atoms with van der Waals surface area (Å²) in [7, 11) is 0. The van der Waals surface area contributed by atoms with E-state index in [9.17, 15) is 4.79 Å². The van der Waals surface area contributed by atoms with Crippen molar-refractivity contribution in [2.45, 2.75) is 13.5 Å². The van der Waals surface area contributed by atoms with Crippen LogP contribution in [-0.2, 0) is 6.54 Å². The third-order valence-corrected chi connectivity index (χ3v) is 4.21. The molecule has 130 valence electrons. The Labute approximate surface area is 147 Å². The molecule has 0 spiro atoms. The van der Waals surface area contributed by atoms with Crippen molar-refractivity contribution in [1.29, 1.82) is 0 Å². The van der Waals surface area contributed by atoms with Crippen LogP contribution in [0.1, 0.15) is 11.5 Å². The van der Waals surface area contributed by atoms with E-state index in [1.54, 1.807) is 4.90 Å². The smallest absolute Gasteiger partial charge is 0.318 e. The third-order valence-electron chi connectivity index (χ3n) is 4.21. The highest BCUT2D eigenvalue weighted by molar-refractivity contribution is 5.74. The van der Waals surface area contributed by atoms with E-state index < -0.39 is 0 Å². The van der Waals surface area contributed by atoms with Crippen LogP contribution in [0.5, 0.6) is 0 Å². The summed E-state index contributed by atoms with van der Waals surface area (Å²) >= 11 is 0. The van der Waals surface area contributed by atoms with Gasteiger partial charge in [-0.25, -0.2) is 4.79 Å². The minimum absolute atomic E-state index is 0.114. The summed E-state index contributed by atoms with van der Waals surface area (Å²) in [6.45, 7) is 5.67. The van der Waals surface area contributed by atoms with Crippen LogP contribution in [0.25, 0.3) is 11.4 Å². The monoisotopic (exact) mass is 339 g/mol. The van der Waals surface area contributed by atoms with Crippen molar-refractivity contribution in [2.75, 3.05) is 32.7 Å². The van der Waals surface area contributed by atoms with E-state index in [-0.39, 0.29) is 12.6 Å². The lowest BCUT2D eigenvalue weighted by molar-refractivity contribution is 0.127. The van der Waals surface area contributed by atoms with Gasteiger partial charge >= 0.3 is 6.03 Å². The molecular weight excluding hydrogens is 318 g/mol. The van der Waals surface area contributed by atoms with Gasteiger partial charge in [-0.05, 0) is 12.5 Å². The number of carbonyl (C=O) groups is 1. The second-order valence-corrected chi connectivity index (χ2v) is 5.95. The molecule has 1 aromatic heterocycles. The highest BCUT2D eigenvalue weighted by Gasteiger charge is 2.22. The van der Waals surface area contributed by atoms with Crippen molar-refractivity contribution in [1.82, 2.24) is 25.3 Å². The van der Waals surface area contributed by atoms with Crippen LogP contribution in [0.4, 0.5) is 4.79 Å². The molecule has 0 saturated carbocycles. The summed E-state index contributed by atoms with van der Waals surface area (Å²) in [6.07, 6.45) is 5.15. The fraction of sp³-hybridized carbons (Fsp3) is 0.389. The molecule has 1 aliphatic heterocycles. The van der Waals surface area contributed by atoms with E-state index in [4.69, 9.17) is 10.9 Å². The van der Waals surface area contributed by atoms with Crippen LogP contribution in [0.2, 0.25) is 0 Å². The molecule has 25 heavy (non-hydrogen) atoms. The normalized spacial score (nSPS) is 15.0. The Kier molecular flexibility index (Phi) is 5.31. The van der Waals surface area contributed by atoms with E-state index in [1.165, 1.54) is 0 Å². The van der Waals surface area contributed by atoms with Gasteiger partial charge in [0, 0.05) is 31.7 Å². The number of amides is 2. The summed E-state index contributed by atoms with van der Waals surface area (Å²) in [5, 5.41) is 6.77. The summed E-state index contributed by atoms with van der Waals surface area (Å²) in [4.78, 5) is 20.3. The molecule has 0 bridgehead atoms. The first-order valence-corrected chi connectivity index (χ1v) is 8.24. The molecule has 2 heterocycles. The fourth-order valence-corrected chi connectivity index (χ4v) is 2.79. The zero-order valence-corrected chi connectivity index (χ0v) is 14.2. The van der Waals surface area contributed by atoms with E-state index in [0.717, 1.165) is 24.2 Å². The number of aryl methyl sites for hydroxylation is 1.